The summed E-state index contributed by atoms with van der Waals surface area (Å²) < 4.78 is 15.2. The minimum absolute atomic E-state index is 0.145. The fourth-order valence-corrected chi connectivity index (χ4v) is 2.38. The molecule has 0 bridgehead atoms. The lowest BCUT2D eigenvalue weighted by Crippen LogP contribution is -2.20. The fraction of sp³-hybridized carbons (Fsp3) is 0.438. The van der Waals surface area contributed by atoms with Crippen LogP contribution in [0.15, 0.2) is 30.5 Å². The highest BCUT2D eigenvalue weighted by molar-refractivity contribution is 5.30. The Morgan fingerprint density at radius 1 is 1.30 bits per heavy atom. The van der Waals surface area contributed by atoms with Crippen LogP contribution in [0.2, 0.25) is 0 Å². The van der Waals surface area contributed by atoms with Gasteiger partial charge in [-0.1, -0.05) is 6.07 Å². The highest BCUT2D eigenvalue weighted by Crippen LogP contribution is 2.22. The minimum Gasteiger partial charge on any atom is -0.313 e. The molecule has 4 heteroatoms. The Labute approximate surface area is 119 Å². The van der Waals surface area contributed by atoms with Crippen LogP contribution in [0, 0.1) is 12.7 Å². The summed E-state index contributed by atoms with van der Waals surface area (Å²) >= 11 is 0. The summed E-state index contributed by atoms with van der Waals surface area (Å²) in [6.45, 7) is 6.16. The molecule has 2 aromatic rings. The minimum atomic E-state index is -0.190. The SMILES string of the molecule is CNC(Cc1ccn(C(C)C)n1)c1ccc(F)cc1C. The molecule has 0 aliphatic rings. The molecule has 1 atom stereocenters. The first-order chi connectivity index (χ1) is 9.51. The Morgan fingerprint density at radius 2 is 2.05 bits per heavy atom. The Morgan fingerprint density at radius 3 is 2.60 bits per heavy atom. The molecule has 0 spiro atoms. The number of nitrogens with one attached hydrogen (secondary N) is 1. The number of nitrogens with zero attached hydrogens (tertiary/aromatic N) is 2. The van der Waals surface area contributed by atoms with Gasteiger partial charge in [0, 0.05) is 24.7 Å². The predicted octanol–water partition coefficient (Wildman–Crippen LogP) is 3.41. The quantitative estimate of drug-likeness (QED) is 0.906. The first-order valence-corrected chi connectivity index (χ1v) is 6.98. The third kappa shape index (κ3) is 3.25. The highest BCUT2D eigenvalue weighted by Gasteiger charge is 2.15. The lowest BCUT2D eigenvalue weighted by molar-refractivity contribution is 0.514. The number of rotatable bonds is 5. The fourth-order valence-electron chi connectivity index (χ4n) is 2.38. The summed E-state index contributed by atoms with van der Waals surface area (Å²) in [5, 5.41) is 7.87. The second-order valence-corrected chi connectivity index (χ2v) is 5.43. The van der Waals surface area contributed by atoms with Crippen LogP contribution < -0.4 is 5.32 Å². The molecule has 20 heavy (non-hydrogen) atoms. The average molecular weight is 275 g/mol. The summed E-state index contributed by atoms with van der Waals surface area (Å²) in [6, 6.07) is 7.50. The first-order valence-electron chi connectivity index (χ1n) is 6.98. The van der Waals surface area contributed by atoms with Gasteiger partial charge in [0.2, 0.25) is 0 Å². The molecule has 1 N–H and O–H groups in total. The van der Waals surface area contributed by atoms with E-state index in [0.29, 0.717) is 6.04 Å². The third-order valence-electron chi connectivity index (χ3n) is 3.56. The molecule has 2 rings (SSSR count). The van der Waals surface area contributed by atoms with E-state index in [0.717, 1.165) is 23.2 Å². The van der Waals surface area contributed by atoms with Crippen LogP contribution in [0.4, 0.5) is 4.39 Å². The monoisotopic (exact) mass is 275 g/mol. The summed E-state index contributed by atoms with van der Waals surface area (Å²) in [6.07, 6.45) is 2.80. The van der Waals surface area contributed by atoms with Gasteiger partial charge in [-0.15, -0.1) is 0 Å². The van der Waals surface area contributed by atoms with E-state index in [4.69, 9.17) is 0 Å². The number of aromatic nitrogens is 2. The normalized spacial score (nSPS) is 12.9. The number of benzene rings is 1. The maximum atomic E-state index is 13.2. The molecule has 0 saturated heterocycles. The molecule has 108 valence electrons. The lowest BCUT2D eigenvalue weighted by atomic mass is 9.97. The van der Waals surface area contributed by atoms with Crippen molar-refractivity contribution >= 4 is 0 Å². The molecule has 1 aromatic heterocycles. The second-order valence-electron chi connectivity index (χ2n) is 5.43. The van der Waals surface area contributed by atoms with Crippen LogP contribution in [0.25, 0.3) is 0 Å². The van der Waals surface area contributed by atoms with Gasteiger partial charge in [-0.25, -0.2) is 4.39 Å². The van der Waals surface area contributed by atoms with Crippen LogP contribution in [0.3, 0.4) is 0 Å². The summed E-state index contributed by atoms with van der Waals surface area (Å²) in [7, 11) is 1.92. The second kappa shape index (κ2) is 6.18. The Hall–Kier alpha value is -1.68. The molecule has 0 fully saturated rings. The van der Waals surface area contributed by atoms with Gasteiger partial charge < -0.3 is 5.32 Å². The van der Waals surface area contributed by atoms with Crippen molar-refractivity contribution in [3.05, 3.63) is 53.1 Å². The van der Waals surface area contributed by atoms with E-state index < -0.39 is 0 Å². The van der Waals surface area contributed by atoms with Gasteiger partial charge in [-0.2, -0.15) is 5.10 Å². The van der Waals surface area contributed by atoms with E-state index in [1.54, 1.807) is 6.07 Å². The molecule has 0 amide bonds. The molecular formula is C16H22FN3. The smallest absolute Gasteiger partial charge is 0.123 e. The van der Waals surface area contributed by atoms with Crippen LogP contribution in [0.1, 0.15) is 42.8 Å². The number of hydrogen-bond acceptors (Lipinski definition) is 2. The van der Waals surface area contributed by atoms with Crippen molar-refractivity contribution in [1.29, 1.82) is 0 Å². The van der Waals surface area contributed by atoms with Gasteiger partial charge >= 0.3 is 0 Å². The maximum Gasteiger partial charge on any atom is 0.123 e. The first kappa shape index (κ1) is 14.7. The van der Waals surface area contributed by atoms with Crippen molar-refractivity contribution in [2.75, 3.05) is 7.05 Å². The molecule has 0 aliphatic carbocycles. The molecule has 0 aliphatic heterocycles. The maximum absolute atomic E-state index is 13.2. The predicted molar refractivity (Wildman–Crippen MR) is 79.3 cm³/mol. The standard InChI is InChI=1S/C16H22FN3/c1-11(2)20-8-7-14(19-20)10-16(18-4)15-6-5-13(17)9-12(15)3/h5-9,11,16,18H,10H2,1-4H3. The molecule has 0 saturated carbocycles. The Bertz CT molecular complexity index is 575. The van der Waals surface area contributed by atoms with Gasteiger partial charge in [0.15, 0.2) is 0 Å². The zero-order valence-electron chi connectivity index (χ0n) is 12.5. The van der Waals surface area contributed by atoms with E-state index in [2.05, 4.69) is 24.3 Å². The summed E-state index contributed by atoms with van der Waals surface area (Å²) in [5.41, 5.74) is 3.13. The van der Waals surface area contributed by atoms with E-state index in [1.165, 1.54) is 6.07 Å². The van der Waals surface area contributed by atoms with Crippen LogP contribution in [-0.2, 0) is 6.42 Å². The lowest BCUT2D eigenvalue weighted by Gasteiger charge is -2.18. The largest absolute Gasteiger partial charge is 0.313 e. The number of aryl methyl sites for hydroxylation is 1. The van der Waals surface area contributed by atoms with Crippen molar-refractivity contribution in [2.24, 2.45) is 0 Å². The van der Waals surface area contributed by atoms with Gasteiger partial charge in [-0.3, -0.25) is 4.68 Å². The van der Waals surface area contributed by atoms with Gasteiger partial charge in [0.05, 0.1) is 5.69 Å². The summed E-state index contributed by atoms with van der Waals surface area (Å²) in [5.74, 6) is -0.190. The number of halogens is 1. The Kier molecular flexibility index (Phi) is 4.55. The van der Waals surface area contributed by atoms with Crippen molar-refractivity contribution < 1.29 is 4.39 Å². The van der Waals surface area contributed by atoms with Gasteiger partial charge in [0.1, 0.15) is 5.82 Å². The Balaban J connectivity index is 2.19. The van der Waals surface area contributed by atoms with Crippen molar-refractivity contribution in [1.82, 2.24) is 15.1 Å². The molecule has 3 nitrogen and oxygen atoms in total. The summed E-state index contributed by atoms with van der Waals surface area (Å²) in [4.78, 5) is 0. The van der Waals surface area contributed by atoms with Crippen LogP contribution >= 0.6 is 0 Å². The van der Waals surface area contributed by atoms with Crippen LogP contribution in [0.5, 0.6) is 0 Å². The molecular weight excluding hydrogens is 253 g/mol. The number of hydrogen-bond donors (Lipinski definition) is 1. The zero-order valence-corrected chi connectivity index (χ0v) is 12.5. The van der Waals surface area contributed by atoms with E-state index in [1.807, 2.05) is 37.0 Å². The topological polar surface area (TPSA) is 29.9 Å². The van der Waals surface area contributed by atoms with Crippen molar-refractivity contribution in [3.8, 4) is 0 Å². The number of likely N-dealkylation sites (N-methyl/N-ethyl adjacent to an activating group) is 1. The molecule has 1 unspecified atom stereocenters. The molecule has 0 radical (unpaired) electrons. The average Bonchev–Trinajstić information content (AvgIpc) is 2.85. The van der Waals surface area contributed by atoms with Gasteiger partial charge in [-0.05, 0) is 57.1 Å². The van der Waals surface area contributed by atoms with Crippen LogP contribution in [-0.4, -0.2) is 16.8 Å². The van der Waals surface area contributed by atoms with E-state index in [-0.39, 0.29) is 11.9 Å². The zero-order chi connectivity index (χ0) is 14.7. The highest BCUT2D eigenvalue weighted by atomic mass is 19.1. The van der Waals surface area contributed by atoms with Crippen molar-refractivity contribution in [3.63, 3.8) is 0 Å². The van der Waals surface area contributed by atoms with E-state index >= 15 is 0 Å². The molecule has 1 aromatic carbocycles. The van der Waals surface area contributed by atoms with Gasteiger partial charge in [0.25, 0.3) is 0 Å². The molecule has 1 heterocycles. The van der Waals surface area contributed by atoms with Crippen molar-refractivity contribution in [2.45, 2.75) is 39.3 Å². The third-order valence-corrected chi connectivity index (χ3v) is 3.56. The van der Waals surface area contributed by atoms with E-state index in [9.17, 15) is 4.39 Å².